The van der Waals surface area contributed by atoms with Gasteiger partial charge in [-0.3, -0.25) is 0 Å². The van der Waals surface area contributed by atoms with Crippen molar-refractivity contribution in [1.82, 2.24) is 20.2 Å². The number of methoxy groups -OCH3 is 1. The summed E-state index contributed by atoms with van der Waals surface area (Å²) < 4.78 is 6.91. The van der Waals surface area contributed by atoms with Crippen LogP contribution in [0.1, 0.15) is 11.4 Å². The van der Waals surface area contributed by atoms with Crippen molar-refractivity contribution in [2.75, 3.05) is 13.7 Å². The molecule has 0 amide bonds. The number of ether oxygens (including phenoxy) is 1. The normalized spacial score (nSPS) is 10.5. The monoisotopic (exact) mass is 233 g/mol. The molecule has 0 unspecified atom stereocenters. The summed E-state index contributed by atoms with van der Waals surface area (Å²) in [5.41, 5.74) is 7.47. The zero-order chi connectivity index (χ0) is 12.3. The molecule has 0 saturated carbocycles. The number of rotatable bonds is 4. The van der Waals surface area contributed by atoms with Gasteiger partial charge in [-0.2, -0.15) is 4.68 Å². The fraction of sp³-hybridized carbons (Fsp3) is 0.364. The van der Waals surface area contributed by atoms with Gasteiger partial charge in [0, 0.05) is 6.42 Å². The lowest BCUT2D eigenvalue weighted by Crippen LogP contribution is -2.10. The molecule has 90 valence electrons. The molecule has 0 aliphatic carbocycles. The molecule has 0 spiro atoms. The third-order valence-electron chi connectivity index (χ3n) is 2.53. The Kier molecular flexibility index (Phi) is 3.34. The van der Waals surface area contributed by atoms with Crippen molar-refractivity contribution in [3.8, 4) is 11.4 Å². The molecular weight excluding hydrogens is 218 g/mol. The summed E-state index contributed by atoms with van der Waals surface area (Å²) in [6.45, 7) is 2.50. The van der Waals surface area contributed by atoms with E-state index in [0.29, 0.717) is 13.0 Å². The molecule has 0 aliphatic rings. The van der Waals surface area contributed by atoms with Crippen molar-refractivity contribution in [1.29, 1.82) is 0 Å². The number of tetrazole rings is 1. The highest BCUT2D eigenvalue weighted by Gasteiger charge is 2.08. The molecule has 0 atom stereocenters. The van der Waals surface area contributed by atoms with E-state index in [-0.39, 0.29) is 0 Å². The number of nitrogens with zero attached hydrogens (tertiary/aromatic N) is 4. The molecule has 17 heavy (non-hydrogen) atoms. The van der Waals surface area contributed by atoms with Crippen molar-refractivity contribution in [2.45, 2.75) is 13.3 Å². The molecule has 2 aromatic rings. The van der Waals surface area contributed by atoms with E-state index in [2.05, 4.69) is 15.5 Å². The van der Waals surface area contributed by atoms with Gasteiger partial charge in [-0.1, -0.05) is 0 Å². The fourth-order valence-electron chi connectivity index (χ4n) is 1.69. The average Bonchev–Trinajstić information content (AvgIpc) is 2.78. The van der Waals surface area contributed by atoms with Crippen LogP contribution in [0.2, 0.25) is 0 Å². The molecule has 2 rings (SSSR count). The van der Waals surface area contributed by atoms with Gasteiger partial charge in [-0.15, -0.1) is 5.10 Å². The van der Waals surface area contributed by atoms with Crippen LogP contribution < -0.4 is 10.5 Å². The minimum atomic E-state index is 0.523. The van der Waals surface area contributed by atoms with Crippen molar-refractivity contribution in [2.24, 2.45) is 5.73 Å². The molecule has 1 aromatic carbocycles. The van der Waals surface area contributed by atoms with Gasteiger partial charge >= 0.3 is 0 Å². The summed E-state index contributed by atoms with van der Waals surface area (Å²) in [7, 11) is 1.65. The highest BCUT2D eigenvalue weighted by atomic mass is 16.5. The maximum Gasteiger partial charge on any atom is 0.157 e. The maximum absolute atomic E-state index is 5.51. The summed E-state index contributed by atoms with van der Waals surface area (Å²) in [5.74, 6) is 1.61. The van der Waals surface area contributed by atoms with E-state index < -0.39 is 0 Å². The van der Waals surface area contributed by atoms with Crippen LogP contribution in [-0.2, 0) is 6.42 Å². The second kappa shape index (κ2) is 4.92. The largest absolute Gasteiger partial charge is 0.496 e. The van der Waals surface area contributed by atoms with E-state index in [1.807, 2.05) is 25.1 Å². The third kappa shape index (κ3) is 2.26. The highest BCUT2D eigenvalue weighted by Crippen LogP contribution is 2.20. The van der Waals surface area contributed by atoms with Gasteiger partial charge in [0.25, 0.3) is 0 Å². The second-order valence-corrected chi connectivity index (χ2v) is 3.70. The Morgan fingerprint density at radius 1 is 1.41 bits per heavy atom. The Hall–Kier alpha value is -1.95. The molecule has 6 heteroatoms. The van der Waals surface area contributed by atoms with Crippen molar-refractivity contribution >= 4 is 0 Å². The maximum atomic E-state index is 5.51. The predicted molar refractivity (Wildman–Crippen MR) is 63.2 cm³/mol. The van der Waals surface area contributed by atoms with Gasteiger partial charge in [0.1, 0.15) is 5.75 Å². The first-order valence-electron chi connectivity index (χ1n) is 5.38. The molecule has 2 N–H and O–H groups in total. The number of aromatic nitrogens is 4. The van der Waals surface area contributed by atoms with E-state index in [9.17, 15) is 0 Å². The van der Waals surface area contributed by atoms with Crippen molar-refractivity contribution < 1.29 is 4.74 Å². The Morgan fingerprint density at radius 3 is 2.88 bits per heavy atom. The van der Waals surface area contributed by atoms with Crippen LogP contribution in [0.25, 0.3) is 5.69 Å². The number of benzene rings is 1. The SMILES string of the molecule is COc1ccc(-n2nnnc2CCN)cc1C. The summed E-state index contributed by atoms with van der Waals surface area (Å²) >= 11 is 0. The smallest absolute Gasteiger partial charge is 0.157 e. The van der Waals surface area contributed by atoms with Crippen LogP contribution in [0.4, 0.5) is 0 Å². The lowest BCUT2D eigenvalue weighted by Gasteiger charge is -2.08. The summed E-state index contributed by atoms with van der Waals surface area (Å²) in [6.07, 6.45) is 0.651. The summed E-state index contributed by atoms with van der Waals surface area (Å²) in [6, 6.07) is 5.80. The quantitative estimate of drug-likeness (QED) is 0.831. The van der Waals surface area contributed by atoms with E-state index in [4.69, 9.17) is 10.5 Å². The first-order chi connectivity index (χ1) is 8.26. The van der Waals surface area contributed by atoms with Gasteiger partial charge in [0.05, 0.1) is 12.8 Å². The predicted octanol–water partition coefficient (Wildman–Crippen LogP) is 0.481. The van der Waals surface area contributed by atoms with Gasteiger partial charge in [-0.05, 0) is 47.7 Å². The van der Waals surface area contributed by atoms with Crippen LogP contribution in [0.15, 0.2) is 18.2 Å². The van der Waals surface area contributed by atoms with E-state index in [0.717, 1.165) is 22.8 Å². The van der Waals surface area contributed by atoms with Crippen LogP contribution in [0, 0.1) is 6.92 Å². The van der Waals surface area contributed by atoms with E-state index in [1.54, 1.807) is 11.8 Å². The van der Waals surface area contributed by atoms with Crippen LogP contribution in [0.5, 0.6) is 5.75 Å². The average molecular weight is 233 g/mol. The van der Waals surface area contributed by atoms with Crippen LogP contribution in [-0.4, -0.2) is 33.9 Å². The zero-order valence-electron chi connectivity index (χ0n) is 9.92. The van der Waals surface area contributed by atoms with E-state index in [1.165, 1.54) is 0 Å². The molecule has 0 radical (unpaired) electrons. The summed E-state index contributed by atoms with van der Waals surface area (Å²) in [5, 5.41) is 11.6. The molecule has 0 saturated heterocycles. The highest BCUT2D eigenvalue weighted by molar-refractivity contribution is 5.43. The van der Waals surface area contributed by atoms with E-state index >= 15 is 0 Å². The molecule has 1 heterocycles. The molecule has 6 nitrogen and oxygen atoms in total. The summed E-state index contributed by atoms with van der Waals surface area (Å²) in [4.78, 5) is 0. The topological polar surface area (TPSA) is 78.8 Å². The number of nitrogens with two attached hydrogens (primary N) is 1. The Morgan fingerprint density at radius 2 is 2.24 bits per heavy atom. The first-order valence-corrected chi connectivity index (χ1v) is 5.38. The third-order valence-corrected chi connectivity index (χ3v) is 2.53. The lowest BCUT2D eigenvalue weighted by molar-refractivity contribution is 0.411. The minimum Gasteiger partial charge on any atom is -0.496 e. The number of hydrogen-bond acceptors (Lipinski definition) is 5. The molecule has 0 bridgehead atoms. The molecular formula is C11H15N5O. The molecule has 0 aliphatic heterocycles. The van der Waals surface area contributed by atoms with Gasteiger partial charge in [0.2, 0.25) is 0 Å². The Balaban J connectivity index is 2.39. The lowest BCUT2D eigenvalue weighted by atomic mass is 10.2. The standard InChI is InChI=1S/C11H15N5O/c1-8-7-9(3-4-10(8)17-2)16-11(5-6-12)13-14-15-16/h3-4,7H,5-6,12H2,1-2H3. The van der Waals surface area contributed by atoms with Gasteiger partial charge in [-0.25, -0.2) is 0 Å². The fourth-order valence-corrected chi connectivity index (χ4v) is 1.69. The van der Waals surface area contributed by atoms with Crippen LogP contribution >= 0.6 is 0 Å². The molecule has 0 fully saturated rings. The Bertz CT molecular complexity index is 508. The zero-order valence-corrected chi connectivity index (χ0v) is 9.92. The minimum absolute atomic E-state index is 0.523. The van der Waals surface area contributed by atoms with Crippen molar-refractivity contribution in [3.05, 3.63) is 29.6 Å². The number of aryl methyl sites for hydroxylation is 1. The van der Waals surface area contributed by atoms with Gasteiger partial charge < -0.3 is 10.5 Å². The number of hydrogen-bond donors (Lipinski definition) is 1. The van der Waals surface area contributed by atoms with Crippen LogP contribution in [0.3, 0.4) is 0 Å². The van der Waals surface area contributed by atoms with Crippen molar-refractivity contribution in [3.63, 3.8) is 0 Å². The van der Waals surface area contributed by atoms with Gasteiger partial charge in [0.15, 0.2) is 5.82 Å². The Labute approximate surface area is 99.4 Å². The first kappa shape index (κ1) is 11.5. The molecule has 1 aromatic heterocycles. The second-order valence-electron chi connectivity index (χ2n) is 3.70.